The summed E-state index contributed by atoms with van der Waals surface area (Å²) >= 11 is 0. The van der Waals surface area contributed by atoms with Crippen LogP contribution in [0.4, 0.5) is 0 Å². The molecule has 0 bridgehead atoms. The molecule has 1 aliphatic carbocycles. The van der Waals surface area contributed by atoms with Gasteiger partial charge in [-0.05, 0) is 38.0 Å². The van der Waals surface area contributed by atoms with Crippen molar-refractivity contribution in [3.8, 4) is 6.07 Å². The van der Waals surface area contributed by atoms with E-state index in [1.807, 2.05) is 0 Å². The fraction of sp³-hybridized carbons (Fsp3) is 0.947. The Bertz CT molecular complexity index is 347. The van der Waals surface area contributed by atoms with Crippen LogP contribution in [0.3, 0.4) is 0 Å². The zero-order valence-corrected chi connectivity index (χ0v) is 14.5. The average Bonchev–Trinajstić information content (AvgIpc) is 2.57. The molecule has 0 radical (unpaired) electrons. The van der Waals surface area contributed by atoms with E-state index in [4.69, 9.17) is 9.47 Å². The number of hydrogen-bond donors (Lipinski definition) is 0. The number of rotatable bonds is 7. The Labute approximate surface area is 136 Å². The Morgan fingerprint density at radius 1 is 1.00 bits per heavy atom. The van der Waals surface area contributed by atoms with Crippen LogP contribution in [0.5, 0.6) is 0 Å². The second-order valence-electron chi connectivity index (χ2n) is 7.41. The summed E-state index contributed by atoms with van der Waals surface area (Å²) in [5.41, 5.74) is -0.400. The molecule has 0 aromatic rings. The van der Waals surface area contributed by atoms with Gasteiger partial charge in [-0.3, -0.25) is 0 Å². The van der Waals surface area contributed by atoms with Gasteiger partial charge in [0.05, 0.1) is 19.3 Å². The van der Waals surface area contributed by atoms with E-state index < -0.39 is 5.41 Å². The Hall–Kier alpha value is -0.590. The van der Waals surface area contributed by atoms with Crippen molar-refractivity contribution in [3.05, 3.63) is 0 Å². The molecular formula is C19H33NO2. The highest BCUT2D eigenvalue weighted by molar-refractivity contribution is 5.00. The molecule has 3 nitrogen and oxygen atoms in total. The van der Waals surface area contributed by atoms with Crippen molar-refractivity contribution < 1.29 is 9.47 Å². The Balaban J connectivity index is 1.71. The van der Waals surface area contributed by atoms with Crippen LogP contribution in [0.15, 0.2) is 0 Å². The molecule has 0 unspecified atom stereocenters. The largest absolute Gasteiger partial charge is 0.351 e. The molecule has 2 rings (SSSR count). The maximum atomic E-state index is 9.40. The summed E-state index contributed by atoms with van der Waals surface area (Å²) in [4.78, 5) is 0. The maximum Gasteiger partial charge on any atom is 0.160 e. The van der Waals surface area contributed by atoms with Crippen molar-refractivity contribution in [2.45, 2.75) is 84.3 Å². The van der Waals surface area contributed by atoms with Crippen molar-refractivity contribution in [2.75, 3.05) is 13.2 Å². The fourth-order valence-corrected chi connectivity index (χ4v) is 4.02. The molecular weight excluding hydrogens is 274 g/mol. The summed E-state index contributed by atoms with van der Waals surface area (Å²) in [5, 5.41) is 9.40. The van der Waals surface area contributed by atoms with Gasteiger partial charge < -0.3 is 9.47 Å². The van der Waals surface area contributed by atoms with Gasteiger partial charge in [-0.2, -0.15) is 5.26 Å². The minimum atomic E-state index is -0.400. The molecule has 22 heavy (non-hydrogen) atoms. The number of unbranched alkanes of at least 4 members (excludes halogenated alkanes) is 2. The molecule has 1 aliphatic heterocycles. The minimum Gasteiger partial charge on any atom is -0.351 e. The third kappa shape index (κ3) is 4.70. The molecule has 0 atom stereocenters. The molecule has 126 valence electrons. The van der Waals surface area contributed by atoms with E-state index in [0.29, 0.717) is 19.1 Å². The van der Waals surface area contributed by atoms with E-state index in [9.17, 15) is 5.26 Å². The fourth-order valence-electron chi connectivity index (χ4n) is 4.02. The lowest BCUT2D eigenvalue weighted by Gasteiger charge is -2.40. The second kappa shape index (κ2) is 8.89. The van der Waals surface area contributed by atoms with E-state index in [2.05, 4.69) is 19.9 Å². The van der Waals surface area contributed by atoms with Gasteiger partial charge in [0.15, 0.2) is 6.29 Å². The molecule has 0 spiro atoms. The summed E-state index contributed by atoms with van der Waals surface area (Å²) in [7, 11) is 0. The highest BCUT2D eigenvalue weighted by atomic mass is 16.7. The highest BCUT2D eigenvalue weighted by Gasteiger charge is 2.39. The molecule has 0 N–H and O–H groups in total. The molecule has 1 heterocycles. The first-order valence-electron chi connectivity index (χ1n) is 9.37. The number of ether oxygens (including phenoxy) is 2. The van der Waals surface area contributed by atoms with E-state index in [0.717, 1.165) is 18.8 Å². The molecule has 3 heteroatoms. The SMILES string of the molecule is CCCCC[C@H]1CC[C@H]([C@H]2OC[C@](C#N)(CCC)CO2)CC1. The number of nitriles is 1. The first kappa shape index (κ1) is 17.8. The molecule has 1 saturated heterocycles. The summed E-state index contributed by atoms with van der Waals surface area (Å²) < 4.78 is 11.9. The van der Waals surface area contributed by atoms with Gasteiger partial charge in [-0.25, -0.2) is 0 Å². The lowest BCUT2D eigenvalue weighted by atomic mass is 9.79. The minimum absolute atomic E-state index is 0.0603. The van der Waals surface area contributed by atoms with E-state index >= 15 is 0 Å². The van der Waals surface area contributed by atoms with E-state index in [-0.39, 0.29) is 6.29 Å². The summed E-state index contributed by atoms with van der Waals surface area (Å²) in [6.45, 7) is 5.50. The standard InChI is InChI=1S/C19H33NO2/c1-3-5-6-7-16-8-10-17(11-9-16)18-21-14-19(13-20,12-4-2)15-22-18/h16-18H,3-12,14-15H2,1-2H3/t16-,17-,18-,19+. The quantitative estimate of drug-likeness (QED) is 0.618. The van der Waals surface area contributed by atoms with Crippen LogP contribution >= 0.6 is 0 Å². The topological polar surface area (TPSA) is 42.2 Å². The van der Waals surface area contributed by atoms with Gasteiger partial charge in [0.1, 0.15) is 5.41 Å². The van der Waals surface area contributed by atoms with E-state index in [1.165, 1.54) is 51.4 Å². The summed E-state index contributed by atoms with van der Waals surface area (Å²) in [6.07, 6.45) is 12.4. The Kier molecular flexibility index (Phi) is 7.18. The smallest absolute Gasteiger partial charge is 0.160 e. The molecule has 2 aliphatic rings. The number of nitrogens with zero attached hydrogens (tertiary/aromatic N) is 1. The van der Waals surface area contributed by atoms with Crippen LogP contribution in [0, 0.1) is 28.6 Å². The van der Waals surface area contributed by atoms with Gasteiger partial charge in [0, 0.05) is 5.92 Å². The van der Waals surface area contributed by atoms with Crippen molar-refractivity contribution in [3.63, 3.8) is 0 Å². The predicted octanol–water partition coefficient (Wildman–Crippen LogP) is 5.06. The molecule has 0 amide bonds. The Morgan fingerprint density at radius 2 is 1.68 bits per heavy atom. The lowest BCUT2D eigenvalue weighted by Crippen LogP contribution is -2.44. The normalized spacial score (nSPS) is 36.0. The molecule has 1 saturated carbocycles. The van der Waals surface area contributed by atoms with Gasteiger partial charge in [0.2, 0.25) is 0 Å². The van der Waals surface area contributed by atoms with Gasteiger partial charge in [-0.15, -0.1) is 0 Å². The summed E-state index contributed by atoms with van der Waals surface area (Å²) in [5.74, 6) is 1.46. The van der Waals surface area contributed by atoms with Gasteiger partial charge >= 0.3 is 0 Å². The van der Waals surface area contributed by atoms with Crippen molar-refractivity contribution in [1.29, 1.82) is 5.26 Å². The third-order valence-corrected chi connectivity index (χ3v) is 5.51. The zero-order valence-electron chi connectivity index (χ0n) is 14.5. The van der Waals surface area contributed by atoms with Crippen LogP contribution in [-0.2, 0) is 9.47 Å². The Morgan fingerprint density at radius 3 is 2.23 bits per heavy atom. The van der Waals surface area contributed by atoms with Crippen LogP contribution < -0.4 is 0 Å². The maximum absolute atomic E-state index is 9.40. The zero-order chi connectivity index (χ0) is 15.8. The third-order valence-electron chi connectivity index (χ3n) is 5.51. The first-order chi connectivity index (χ1) is 10.7. The van der Waals surface area contributed by atoms with Crippen molar-refractivity contribution in [1.82, 2.24) is 0 Å². The van der Waals surface area contributed by atoms with Crippen LogP contribution in [-0.4, -0.2) is 19.5 Å². The highest BCUT2D eigenvalue weighted by Crippen LogP contribution is 2.38. The van der Waals surface area contributed by atoms with Crippen molar-refractivity contribution in [2.24, 2.45) is 17.3 Å². The van der Waals surface area contributed by atoms with Crippen LogP contribution in [0.2, 0.25) is 0 Å². The van der Waals surface area contributed by atoms with Crippen LogP contribution in [0.1, 0.15) is 78.1 Å². The lowest BCUT2D eigenvalue weighted by molar-refractivity contribution is -0.244. The first-order valence-corrected chi connectivity index (χ1v) is 9.37. The monoisotopic (exact) mass is 307 g/mol. The molecule has 0 aromatic carbocycles. The number of hydrogen-bond acceptors (Lipinski definition) is 3. The molecule has 2 fully saturated rings. The van der Waals surface area contributed by atoms with Gasteiger partial charge in [0.25, 0.3) is 0 Å². The predicted molar refractivity (Wildman–Crippen MR) is 88.2 cm³/mol. The second-order valence-corrected chi connectivity index (χ2v) is 7.41. The molecule has 0 aromatic heterocycles. The van der Waals surface area contributed by atoms with Crippen molar-refractivity contribution >= 4 is 0 Å². The van der Waals surface area contributed by atoms with Crippen LogP contribution in [0.25, 0.3) is 0 Å². The van der Waals surface area contributed by atoms with E-state index in [1.54, 1.807) is 0 Å². The summed E-state index contributed by atoms with van der Waals surface area (Å²) in [6, 6.07) is 2.43. The van der Waals surface area contributed by atoms with Gasteiger partial charge in [-0.1, -0.05) is 46.0 Å². The average molecular weight is 307 g/mol.